The molecule has 0 aliphatic heterocycles. The van der Waals surface area contributed by atoms with Crippen LogP contribution in [0.1, 0.15) is 6.92 Å². The third kappa shape index (κ3) is 4.77. The summed E-state index contributed by atoms with van der Waals surface area (Å²) in [7, 11) is 1.56. The van der Waals surface area contributed by atoms with E-state index in [1.165, 1.54) is 11.3 Å². The Bertz CT molecular complexity index is 910. The first-order chi connectivity index (χ1) is 13.2. The van der Waals surface area contributed by atoms with Crippen LogP contribution < -0.4 is 19.5 Å². The molecule has 0 radical (unpaired) electrons. The van der Waals surface area contributed by atoms with Crippen molar-refractivity contribution in [3.63, 3.8) is 0 Å². The minimum atomic E-state index is -0.292. The van der Waals surface area contributed by atoms with Gasteiger partial charge in [-0.1, -0.05) is 24.3 Å². The van der Waals surface area contributed by atoms with Crippen LogP contribution in [0.2, 0.25) is 0 Å². The predicted octanol–water partition coefficient (Wildman–Crippen LogP) is 4.23. The lowest BCUT2D eigenvalue weighted by molar-refractivity contribution is -0.118. The molecular formula is C20H20N2O4S. The topological polar surface area (TPSA) is 69.7 Å². The number of para-hydroxylation sites is 3. The molecule has 0 spiro atoms. The van der Waals surface area contributed by atoms with Gasteiger partial charge < -0.3 is 14.2 Å². The maximum absolute atomic E-state index is 12.2. The molecule has 1 aromatic heterocycles. The number of ether oxygens (including phenoxy) is 3. The first-order valence-corrected chi connectivity index (χ1v) is 9.32. The molecule has 1 heterocycles. The number of hydrogen-bond donors (Lipinski definition) is 1. The van der Waals surface area contributed by atoms with E-state index >= 15 is 0 Å². The number of methoxy groups -OCH3 is 1. The Kier molecular flexibility index (Phi) is 6.27. The van der Waals surface area contributed by atoms with Crippen LogP contribution in [0.15, 0.2) is 53.9 Å². The number of rotatable bonds is 8. The SMILES string of the molecule is CCOc1ccccc1-c1csc(NC(=O)COc2ccccc2OC)n1. The van der Waals surface area contributed by atoms with Crippen molar-refractivity contribution in [3.8, 4) is 28.5 Å². The zero-order valence-corrected chi connectivity index (χ0v) is 15.9. The van der Waals surface area contributed by atoms with Crippen LogP contribution in [0.25, 0.3) is 11.3 Å². The molecule has 0 aliphatic rings. The molecule has 140 valence electrons. The monoisotopic (exact) mass is 384 g/mol. The second-order valence-corrected chi connectivity index (χ2v) is 6.31. The number of anilines is 1. The van der Waals surface area contributed by atoms with E-state index in [4.69, 9.17) is 14.2 Å². The molecule has 3 rings (SSSR count). The molecule has 0 saturated carbocycles. The van der Waals surface area contributed by atoms with E-state index in [1.807, 2.05) is 48.7 Å². The zero-order chi connectivity index (χ0) is 19.1. The molecule has 0 fully saturated rings. The van der Waals surface area contributed by atoms with Gasteiger partial charge in [-0.2, -0.15) is 0 Å². The van der Waals surface area contributed by atoms with Gasteiger partial charge in [-0.15, -0.1) is 11.3 Å². The Morgan fingerprint density at radius 3 is 2.48 bits per heavy atom. The number of hydrogen-bond acceptors (Lipinski definition) is 6. The van der Waals surface area contributed by atoms with Crippen molar-refractivity contribution < 1.29 is 19.0 Å². The third-order valence-corrected chi connectivity index (χ3v) is 4.40. The maximum Gasteiger partial charge on any atom is 0.264 e. The number of nitrogens with one attached hydrogen (secondary N) is 1. The van der Waals surface area contributed by atoms with Crippen molar-refractivity contribution in [1.29, 1.82) is 0 Å². The number of thiazole rings is 1. The van der Waals surface area contributed by atoms with Gasteiger partial charge in [-0.05, 0) is 31.2 Å². The van der Waals surface area contributed by atoms with Crippen LogP contribution in [-0.2, 0) is 4.79 Å². The summed E-state index contributed by atoms with van der Waals surface area (Å²) in [5, 5.41) is 5.14. The predicted molar refractivity (Wildman–Crippen MR) is 106 cm³/mol. The molecule has 27 heavy (non-hydrogen) atoms. The van der Waals surface area contributed by atoms with Crippen LogP contribution in [0, 0.1) is 0 Å². The lowest BCUT2D eigenvalue weighted by atomic mass is 10.1. The molecule has 0 aliphatic carbocycles. The summed E-state index contributed by atoms with van der Waals surface area (Å²) in [5.74, 6) is 1.57. The normalized spacial score (nSPS) is 10.3. The highest BCUT2D eigenvalue weighted by atomic mass is 32.1. The van der Waals surface area contributed by atoms with Crippen molar-refractivity contribution in [2.24, 2.45) is 0 Å². The Balaban J connectivity index is 1.63. The summed E-state index contributed by atoms with van der Waals surface area (Å²) in [6.07, 6.45) is 0. The van der Waals surface area contributed by atoms with Gasteiger partial charge in [0.15, 0.2) is 23.2 Å². The maximum atomic E-state index is 12.2. The van der Waals surface area contributed by atoms with Crippen LogP contribution in [0.4, 0.5) is 5.13 Å². The summed E-state index contributed by atoms with van der Waals surface area (Å²) in [6, 6.07) is 14.9. The standard InChI is InChI=1S/C20H20N2O4S/c1-3-25-16-9-5-4-8-14(16)15-13-27-20(21-15)22-19(23)12-26-18-11-7-6-10-17(18)24-2/h4-11,13H,3,12H2,1-2H3,(H,21,22,23). The number of amides is 1. The highest BCUT2D eigenvalue weighted by Crippen LogP contribution is 2.32. The van der Waals surface area contributed by atoms with Crippen molar-refractivity contribution >= 4 is 22.4 Å². The fourth-order valence-electron chi connectivity index (χ4n) is 2.45. The number of aromatic nitrogens is 1. The summed E-state index contributed by atoms with van der Waals surface area (Å²) in [4.78, 5) is 16.6. The highest BCUT2D eigenvalue weighted by molar-refractivity contribution is 7.14. The van der Waals surface area contributed by atoms with E-state index in [9.17, 15) is 4.79 Å². The van der Waals surface area contributed by atoms with Gasteiger partial charge in [0.2, 0.25) is 0 Å². The van der Waals surface area contributed by atoms with E-state index in [-0.39, 0.29) is 12.5 Å². The Morgan fingerprint density at radius 1 is 1.04 bits per heavy atom. The minimum absolute atomic E-state index is 0.134. The summed E-state index contributed by atoms with van der Waals surface area (Å²) in [5.41, 5.74) is 1.64. The van der Waals surface area contributed by atoms with E-state index in [2.05, 4.69) is 10.3 Å². The summed E-state index contributed by atoms with van der Waals surface area (Å²) < 4.78 is 16.4. The number of nitrogens with zero attached hydrogens (tertiary/aromatic N) is 1. The van der Waals surface area contributed by atoms with E-state index in [1.54, 1.807) is 19.2 Å². The zero-order valence-electron chi connectivity index (χ0n) is 15.1. The van der Waals surface area contributed by atoms with Gasteiger partial charge in [-0.3, -0.25) is 10.1 Å². The Hall–Kier alpha value is -3.06. The first-order valence-electron chi connectivity index (χ1n) is 8.44. The second kappa shape index (κ2) is 9.05. The van der Waals surface area contributed by atoms with Gasteiger partial charge in [0.25, 0.3) is 5.91 Å². The van der Waals surface area contributed by atoms with Crippen molar-refractivity contribution in [1.82, 2.24) is 4.98 Å². The molecular weight excluding hydrogens is 364 g/mol. The van der Waals surface area contributed by atoms with Crippen LogP contribution in [0.3, 0.4) is 0 Å². The summed E-state index contributed by atoms with van der Waals surface area (Å²) >= 11 is 1.35. The number of carbonyl (C=O) groups is 1. The molecule has 2 aromatic carbocycles. The van der Waals surface area contributed by atoms with E-state index < -0.39 is 0 Å². The summed E-state index contributed by atoms with van der Waals surface area (Å²) in [6.45, 7) is 2.38. The third-order valence-electron chi connectivity index (χ3n) is 3.64. The molecule has 1 N–H and O–H groups in total. The average Bonchev–Trinajstić information content (AvgIpc) is 3.15. The van der Waals surface area contributed by atoms with Gasteiger partial charge in [-0.25, -0.2) is 4.98 Å². The fraction of sp³-hybridized carbons (Fsp3) is 0.200. The Labute approximate surface area is 161 Å². The molecule has 1 amide bonds. The highest BCUT2D eigenvalue weighted by Gasteiger charge is 2.12. The lowest BCUT2D eigenvalue weighted by Gasteiger charge is -2.09. The molecule has 6 nitrogen and oxygen atoms in total. The lowest BCUT2D eigenvalue weighted by Crippen LogP contribution is -2.20. The smallest absolute Gasteiger partial charge is 0.264 e. The van der Waals surface area contributed by atoms with E-state index in [0.717, 1.165) is 17.0 Å². The van der Waals surface area contributed by atoms with E-state index in [0.29, 0.717) is 23.2 Å². The molecule has 0 saturated heterocycles. The molecule has 0 atom stereocenters. The van der Waals surface area contributed by atoms with Crippen molar-refractivity contribution in [3.05, 3.63) is 53.9 Å². The minimum Gasteiger partial charge on any atom is -0.493 e. The van der Waals surface area contributed by atoms with Crippen LogP contribution in [-0.4, -0.2) is 31.2 Å². The van der Waals surface area contributed by atoms with Crippen LogP contribution in [0.5, 0.6) is 17.2 Å². The van der Waals surface area contributed by atoms with Gasteiger partial charge in [0.1, 0.15) is 5.75 Å². The Morgan fingerprint density at radius 2 is 1.74 bits per heavy atom. The van der Waals surface area contributed by atoms with Gasteiger partial charge in [0.05, 0.1) is 19.4 Å². The van der Waals surface area contributed by atoms with Gasteiger partial charge in [0, 0.05) is 10.9 Å². The first kappa shape index (κ1) is 18.7. The van der Waals surface area contributed by atoms with Crippen LogP contribution >= 0.6 is 11.3 Å². The number of benzene rings is 2. The van der Waals surface area contributed by atoms with Crippen molar-refractivity contribution in [2.75, 3.05) is 25.6 Å². The fourth-order valence-corrected chi connectivity index (χ4v) is 3.18. The molecule has 3 aromatic rings. The quantitative estimate of drug-likeness (QED) is 0.629. The van der Waals surface area contributed by atoms with Crippen molar-refractivity contribution in [2.45, 2.75) is 6.92 Å². The molecule has 0 bridgehead atoms. The molecule has 0 unspecified atom stereocenters. The average molecular weight is 384 g/mol. The molecule has 7 heteroatoms. The second-order valence-electron chi connectivity index (χ2n) is 5.45. The number of carbonyl (C=O) groups excluding carboxylic acids is 1. The largest absolute Gasteiger partial charge is 0.493 e. The van der Waals surface area contributed by atoms with Gasteiger partial charge >= 0.3 is 0 Å².